The molecule has 0 radical (unpaired) electrons. The lowest BCUT2D eigenvalue weighted by atomic mass is 10.1. The standard InChI is InChI=1S/C26H23Cl2FN4O4S/c1-3-36-20-10-8-19(9-11-20)33-16(2)30-31-26(33)38-24(14-32(34)35)18-12-21(27)25(22(28)13-18)37-15-17-6-4-5-7-23(17)29/h4-13,24H,3,14-15H2,1-2H3/t24-/m1/s1. The molecule has 0 bridgehead atoms. The van der Waals surface area contributed by atoms with Gasteiger partial charge in [0, 0.05) is 16.2 Å². The van der Waals surface area contributed by atoms with Crippen LogP contribution in [0.2, 0.25) is 10.0 Å². The number of halogens is 3. The molecule has 0 fully saturated rings. The molecule has 0 aliphatic rings. The van der Waals surface area contributed by atoms with E-state index in [1.54, 1.807) is 37.3 Å². The molecule has 1 atom stereocenters. The lowest BCUT2D eigenvalue weighted by Gasteiger charge is -2.17. The summed E-state index contributed by atoms with van der Waals surface area (Å²) in [5.74, 6) is 1.10. The molecule has 0 aliphatic carbocycles. The predicted molar refractivity (Wildman–Crippen MR) is 145 cm³/mol. The van der Waals surface area contributed by atoms with Crippen LogP contribution in [0, 0.1) is 22.9 Å². The van der Waals surface area contributed by atoms with Crippen LogP contribution in [0.15, 0.2) is 65.8 Å². The highest BCUT2D eigenvalue weighted by molar-refractivity contribution is 7.99. The largest absolute Gasteiger partial charge is 0.494 e. The van der Waals surface area contributed by atoms with Crippen molar-refractivity contribution in [2.45, 2.75) is 30.9 Å². The van der Waals surface area contributed by atoms with Gasteiger partial charge in [0.1, 0.15) is 29.2 Å². The zero-order valence-corrected chi connectivity index (χ0v) is 22.8. The summed E-state index contributed by atoms with van der Waals surface area (Å²) in [4.78, 5) is 11.2. The molecular formula is C26H23Cl2FN4O4S. The van der Waals surface area contributed by atoms with Gasteiger partial charge in [0.25, 0.3) is 0 Å². The highest BCUT2D eigenvalue weighted by Crippen LogP contribution is 2.42. The number of nitrogens with zero attached hydrogens (tertiary/aromatic N) is 4. The molecule has 4 aromatic rings. The molecule has 1 aromatic heterocycles. The fraction of sp³-hybridized carbons (Fsp3) is 0.231. The van der Waals surface area contributed by atoms with Gasteiger partial charge in [-0.1, -0.05) is 53.2 Å². The average Bonchev–Trinajstić information content (AvgIpc) is 3.24. The Morgan fingerprint density at radius 1 is 1.08 bits per heavy atom. The van der Waals surface area contributed by atoms with Gasteiger partial charge in [-0.05, 0) is 61.9 Å². The Labute approximate surface area is 232 Å². The molecule has 4 rings (SSSR count). The molecule has 38 heavy (non-hydrogen) atoms. The van der Waals surface area contributed by atoms with E-state index in [-0.39, 0.29) is 22.4 Å². The van der Waals surface area contributed by atoms with E-state index in [9.17, 15) is 14.5 Å². The van der Waals surface area contributed by atoms with Gasteiger partial charge >= 0.3 is 0 Å². The molecule has 0 spiro atoms. The van der Waals surface area contributed by atoms with E-state index in [4.69, 9.17) is 32.7 Å². The number of aryl methyl sites for hydroxylation is 1. The van der Waals surface area contributed by atoms with Crippen LogP contribution in [0.5, 0.6) is 11.5 Å². The minimum absolute atomic E-state index is 0.0804. The normalized spacial score (nSPS) is 11.8. The summed E-state index contributed by atoms with van der Waals surface area (Å²) >= 11 is 14.1. The minimum Gasteiger partial charge on any atom is -0.494 e. The number of rotatable bonds is 11. The van der Waals surface area contributed by atoms with Gasteiger partial charge in [-0.2, -0.15) is 0 Å². The summed E-state index contributed by atoms with van der Waals surface area (Å²) in [5.41, 5.74) is 1.64. The maximum absolute atomic E-state index is 14.0. The van der Waals surface area contributed by atoms with E-state index in [0.29, 0.717) is 28.7 Å². The Balaban J connectivity index is 1.61. The lowest BCUT2D eigenvalue weighted by molar-refractivity contribution is -0.479. The Morgan fingerprint density at radius 2 is 1.76 bits per heavy atom. The lowest BCUT2D eigenvalue weighted by Crippen LogP contribution is -2.11. The number of thioether (sulfide) groups is 1. The van der Waals surface area contributed by atoms with Gasteiger partial charge in [-0.15, -0.1) is 10.2 Å². The van der Waals surface area contributed by atoms with Crippen LogP contribution in [0.4, 0.5) is 4.39 Å². The molecule has 0 N–H and O–H groups in total. The number of aromatic nitrogens is 3. The Kier molecular flexibility index (Phi) is 9.09. The fourth-order valence-corrected chi connectivity index (χ4v) is 5.48. The van der Waals surface area contributed by atoms with Gasteiger partial charge in [0.05, 0.1) is 16.7 Å². The topological polar surface area (TPSA) is 92.3 Å². The van der Waals surface area contributed by atoms with Crippen molar-refractivity contribution < 1.29 is 18.8 Å². The number of nitro groups is 1. The van der Waals surface area contributed by atoms with Crippen LogP contribution in [0.3, 0.4) is 0 Å². The second-order valence-corrected chi connectivity index (χ2v) is 10.1. The second kappa shape index (κ2) is 12.5. The van der Waals surface area contributed by atoms with Crippen molar-refractivity contribution in [1.29, 1.82) is 0 Å². The van der Waals surface area contributed by atoms with Gasteiger partial charge in [0.2, 0.25) is 6.54 Å². The molecule has 0 amide bonds. The van der Waals surface area contributed by atoms with E-state index in [1.165, 1.54) is 17.8 Å². The maximum atomic E-state index is 14.0. The van der Waals surface area contributed by atoms with E-state index < -0.39 is 22.5 Å². The first-order valence-corrected chi connectivity index (χ1v) is 13.2. The average molecular weight is 577 g/mol. The number of benzene rings is 3. The summed E-state index contributed by atoms with van der Waals surface area (Å²) in [7, 11) is 0. The molecule has 1 heterocycles. The van der Waals surface area contributed by atoms with Crippen LogP contribution in [-0.2, 0) is 6.61 Å². The van der Waals surface area contributed by atoms with Crippen LogP contribution in [0.1, 0.15) is 29.1 Å². The molecule has 0 saturated heterocycles. The van der Waals surface area contributed by atoms with E-state index in [2.05, 4.69) is 10.2 Å². The summed E-state index contributed by atoms with van der Waals surface area (Å²) in [6.45, 7) is 3.76. The zero-order valence-electron chi connectivity index (χ0n) is 20.4. The van der Waals surface area contributed by atoms with E-state index in [1.807, 2.05) is 35.8 Å². The summed E-state index contributed by atoms with van der Waals surface area (Å²) in [5, 5.41) is 20.1. The SMILES string of the molecule is CCOc1ccc(-n2c(C)nnc2S[C@H](C[N+](=O)[O-])c2cc(Cl)c(OCc3ccccc3F)c(Cl)c2)cc1. The highest BCUT2D eigenvalue weighted by atomic mass is 35.5. The third-order valence-electron chi connectivity index (χ3n) is 5.49. The van der Waals surface area contributed by atoms with Gasteiger partial charge in [-0.25, -0.2) is 4.39 Å². The Morgan fingerprint density at radius 3 is 2.39 bits per heavy atom. The van der Waals surface area contributed by atoms with Crippen LogP contribution in [0.25, 0.3) is 5.69 Å². The third kappa shape index (κ3) is 6.56. The molecular weight excluding hydrogens is 554 g/mol. The number of ether oxygens (including phenoxy) is 2. The Bertz CT molecular complexity index is 1410. The van der Waals surface area contributed by atoms with Gasteiger partial charge < -0.3 is 9.47 Å². The third-order valence-corrected chi connectivity index (χ3v) is 7.23. The van der Waals surface area contributed by atoms with Crippen molar-refractivity contribution in [3.8, 4) is 17.2 Å². The van der Waals surface area contributed by atoms with Gasteiger partial charge in [-0.3, -0.25) is 14.7 Å². The number of hydrogen-bond donors (Lipinski definition) is 0. The van der Waals surface area contributed by atoms with Crippen LogP contribution in [-0.4, -0.2) is 32.8 Å². The summed E-state index contributed by atoms with van der Waals surface area (Å²) in [6.07, 6.45) is 0. The summed E-state index contributed by atoms with van der Waals surface area (Å²) in [6, 6.07) is 16.7. The van der Waals surface area contributed by atoms with E-state index in [0.717, 1.165) is 11.4 Å². The van der Waals surface area contributed by atoms with Crippen LogP contribution < -0.4 is 9.47 Å². The fourth-order valence-electron chi connectivity index (χ4n) is 3.72. The van der Waals surface area contributed by atoms with Crippen molar-refractivity contribution in [2.24, 2.45) is 0 Å². The minimum atomic E-state index is -0.689. The first-order valence-electron chi connectivity index (χ1n) is 11.6. The molecule has 8 nitrogen and oxygen atoms in total. The van der Waals surface area contributed by atoms with Crippen molar-refractivity contribution in [3.05, 3.63) is 104 Å². The molecule has 12 heteroatoms. The molecule has 0 saturated carbocycles. The maximum Gasteiger partial charge on any atom is 0.220 e. The molecule has 0 unspecified atom stereocenters. The van der Waals surface area contributed by atoms with Crippen molar-refractivity contribution >= 4 is 35.0 Å². The summed E-state index contributed by atoms with van der Waals surface area (Å²) < 4.78 is 27.0. The monoisotopic (exact) mass is 576 g/mol. The highest BCUT2D eigenvalue weighted by Gasteiger charge is 2.26. The first-order chi connectivity index (χ1) is 18.3. The molecule has 0 aliphatic heterocycles. The smallest absolute Gasteiger partial charge is 0.220 e. The Hall–Kier alpha value is -3.34. The molecule has 198 valence electrons. The van der Waals surface area contributed by atoms with Crippen molar-refractivity contribution in [3.63, 3.8) is 0 Å². The van der Waals surface area contributed by atoms with E-state index >= 15 is 0 Å². The molecule has 3 aromatic carbocycles. The zero-order chi connectivity index (χ0) is 27.2. The van der Waals surface area contributed by atoms with Crippen molar-refractivity contribution in [1.82, 2.24) is 14.8 Å². The second-order valence-electron chi connectivity index (χ2n) is 8.11. The quantitative estimate of drug-likeness (QED) is 0.107. The number of hydrogen-bond acceptors (Lipinski definition) is 7. The van der Waals surface area contributed by atoms with Crippen LogP contribution >= 0.6 is 35.0 Å². The van der Waals surface area contributed by atoms with Crippen molar-refractivity contribution in [2.75, 3.05) is 13.2 Å². The predicted octanol–water partition coefficient (Wildman–Crippen LogP) is 7.11. The van der Waals surface area contributed by atoms with Gasteiger partial charge in [0.15, 0.2) is 10.9 Å². The first kappa shape index (κ1) is 27.7.